The van der Waals surface area contributed by atoms with Crippen molar-refractivity contribution in [2.45, 2.75) is 115 Å². The maximum absolute atomic E-state index is 5.44. The number of hydrogen-bond donors (Lipinski definition) is 1. The first kappa shape index (κ1) is 40.8. The molecule has 3 heteroatoms. The number of hydrogen-bond acceptors (Lipinski definition) is 3. The highest BCUT2D eigenvalue weighted by Gasteiger charge is 2.14. The molecule has 0 radical (unpaired) electrons. The van der Waals surface area contributed by atoms with Gasteiger partial charge >= 0.3 is 0 Å². The predicted molar refractivity (Wildman–Crippen MR) is 189 cm³/mol. The summed E-state index contributed by atoms with van der Waals surface area (Å²) in [7, 11) is 1.71. The fourth-order valence-corrected chi connectivity index (χ4v) is 4.61. The van der Waals surface area contributed by atoms with Gasteiger partial charge in [-0.2, -0.15) is 0 Å². The summed E-state index contributed by atoms with van der Waals surface area (Å²) in [5.74, 6) is 0.886. The average molecular weight is 567 g/mol. The van der Waals surface area contributed by atoms with E-state index in [1.165, 1.54) is 90.7 Å². The number of methoxy groups -OCH3 is 1. The van der Waals surface area contributed by atoms with Crippen LogP contribution >= 0.6 is 0 Å². The Hall–Kier alpha value is -2.36. The first-order valence-electron chi connectivity index (χ1n) is 16.2. The molecule has 2 rings (SSSR count). The van der Waals surface area contributed by atoms with Gasteiger partial charge in [0.15, 0.2) is 0 Å². The van der Waals surface area contributed by atoms with E-state index in [9.17, 15) is 0 Å². The highest BCUT2D eigenvalue weighted by Crippen LogP contribution is 2.36. The summed E-state index contributed by atoms with van der Waals surface area (Å²) in [5, 5.41) is 0. The smallest absolute Gasteiger partial charge is 0.119 e. The first-order valence-corrected chi connectivity index (χ1v) is 16.2. The summed E-state index contributed by atoms with van der Waals surface area (Å²) in [4.78, 5) is 2.49. The van der Waals surface area contributed by atoms with E-state index in [-0.39, 0.29) is 0 Å². The third-order valence-electron chi connectivity index (χ3n) is 6.94. The predicted octanol–water partition coefficient (Wildman–Crippen LogP) is 11.0. The highest BCUT2D eigenvalue weighted by molar-refractivity contribution is 5.83. The van der Waals surface area contributed by atoms with E-state index in [1.54, 1.807) is 7.11 Å². The van der Waals surface area contributed by atoms with Crippen molar-refractivity contribution in [1.29, 1.82) is 0 Å². The van der Waals surface area contributed by atoms with Crippen molar-refractivity contribution in [2.75, 3.05) is 33.3 Å². The number of nitrogens with zero attached hydrogens (tertiary/aromatic N) is 1. The van der Waals surface area contributed by atoms with Gasteiger partial charge in [0.2, 0.25) is 0 Å². The number of ether oxygens (including phenoxy) is 1. The largest absolute Gasteiger partial charge is 0.497 e. The minimum atomic E-state index is 0.823. The molecule has 2 N–H and O–H groups in total. The van der Waals surface area contributed by atoms with Crippen LogP contribution in [0.1, 0.15) is 122 Å². The third-order valence-corrected chi connectivity index (χ3v) is 6.94. The van der Waals surface area contributed by atoms with Gasteiger partial charge in [0.1, 0.15) is 5.75 Å². The Morgan fingerprint density at radius 3 is 1.85 bits per heavy atom. The van der Waals surface area contributed by atoms with Crippen molar-refractivity contribution < 1.29 is 4.74 Å². The normalized spacial score (nSPS) is 10.3. The average Bonchev–Trinajstić information content (AvgIpc) is 2.97. The van der Waals surface area contributed by atoms with E-state index in [1.807, 2.05) is 19.9 Å². The Morgan fingerprint density at radius 1 is 0.854 bits per heavy atom. The van der Waals surface area contributed by atoms with E-state index in [0.29, 0.717) is 0 Å². The highest BCUT2D eigenvalue weighted by atomic mass is 16.5. The monoisotopic (exact) mass is 567 g/mol. The molecular formula is C38H66N2O. The lowest BCUT2D eigenvalue weighted by Gasteiger charge is -2.19. The summed E-state index contributed by atoms with van der Waals surface area (Å²) in [5.41, 5.74) is 15.3. The molecule has 0 aromatic heterocycles. The van der Waals surface area contributed by atoms with E-state index < -0.39 is 0 Å². The van der Waals surface area contributed by atoms with Crippen LogP contribution in [0.3, 0.4) is 0 Å². The molecule has 0 aliphatic heterocycles. The molecule has 0 amide bonds. The van der Waals surface area contributed by atoms with Gasteiger partial charge in [-0.3, -0.25) is 0 Å². The zero-order valence-corrected chi connectivity index (χ0v) is 29.2. The first-order chi connectivity index (χ1) is 19.7. The lowest BCUT2D eigenvalue weighted by atomic mass is 9.86. The van der Waals surface area contributed by atoms with Gasteiger partial charge in [0.25, 0.3) is 0 Å². The second-order valence-electron chi connectivity index (χ2n) is 10.4. The topological polar surface area (TPSA) is 38.5 Å². The fraction of sp³-hybridized carbons (Fsp3) is 0.579. The van der Waals surface area contributed by atoms with Gasteiger partial charge in [-0.1, -0.05) is 91.2 Å². The lowest BCUT2D eigenvalue weighted by Crippen LogP contribution is -2.27. The standard InChI is InChI=1S/C22H26O.C9H22N2.C5H12.C2H6/c1-8-9-19-16(5)17(6)22(13-20(19)14(2)3)21-12-18(23-7)11-10-15(21)4;1-3-7-11(8-4-2)9-5-6-10;1-3-5-4-2;1-2/h8-13H,2H2,1,3-7H3;3-10H2,1-2H3;3-5H2,1-2H3;1-2H3/b9-8-;;;. The van der Waals surface area contributed by atoms with E-state index in [2.05, 4.69) is 104 Å². The Kier molecular flexibility index (Phi) is 25.2. The number of benzene rings is 2. The number of allylic oxidation sites excluding steroid dienone is 2. The molecule has 2 aromatic carbocycles. The van der Waals surface area contributed by atoms with Crippen LogP contribution in [0.25, 0.3) is 22.8 Å². The van der Waals surface area contributed by atoms with Gasteiger partial charge in [-0.15, -0.1) is 0 Å². The van der Waals surface area contributed by atoms with Gasteiger partial charge in [-0.25, -0.2) is 0 Å². The van der Waals surface area contributed by atoms with Crippen LogP contribution in [-0.4, -0.2) is 38.2 Å². The van der Waals surface area contributed by atoms with Crippen molar-refractivity contribution in [3.05, 3.63) is 64.7 Å². The van der Waals surface area contributed by atoms with Crippen LogP contribution < -0.4 is 10.5 Å². The lowest BCUT2D eigenvalue weighted by molar-refractivity contribution is 0.273. The molecule has 0 saturated carbocycles. The number of rotatable bonds is 13. The number of aryl methyl sites for hydroxylation is 1. The minimum absolute atomic E-state index is 0.823. The van der Waals surface area contributed by atoms with Crippen LogP contribution in [0, 0.1) is 20.8 Å². The summed E-state index contributed by atoms with van der Waals surface area (Å²) in [6, 6.07) is 8.51. The quantitative estimate of drug-likeness (QED) is 0.262. The molecule has 0 bridgehead atoms. The van der Waals surface area contributed by atoms with Crippen molar-refractivity contribution >= 4 is 11.6 Å². The summed E-state index contributed by atoms with van der Waals surface area (Å²) in [6.07, 6.45) is 12.0. The van der Waals surface area contributed by atoms with Crippen LogP contribution in [0.15, 0.2) is 36.9 Å². The van der Waals surface area contributed by atoms with E-state index in [0.717, 1.165) is 24.3 Å². The van der Waals surface area contributed by atoms with E-state index >= 15 is 0 Å². The Labute approximate surface area is 256 Å². The molecule has 0 aliphatic carbocycles. The minimum Gasteiger partial charge on any atom is -0.497 e. The third kappa shape index (κ3) is 15.4. The molecule has 3 nitrogen and oxygen atoms in total. The molecule has 0 heterocycles. The van der Waals surface area contributed by atoms with Crippen LogP contribution in [-0.2, 0) is 0 Å². The van der Waals surface area contributed by atoms with Crippen molar-refractivity contribution in [3.63, 3.8) is 0 Å². The van der Waals surface area contributed by atoms with E-state index in [4.69, 9.17) is 10.5 Å². The van der Waals surface area contributed by atoms with Gasteiger partial charge in [-0.05, 0) is 137 Å². The summed E-state index contributed by atoms with van der Waals surface area (Å²) < 4.78 is 5.41. The molecule has 2 aromatic rings. The Bertz CT molecular complexity index is 982. The van der Waals surface area contributed by atoms with Crippen LogP contribution in [0.5, 0.6) is 5.75 Å². The van der Waals surface area contributed by atoms with Crippen LogP contribution in [0.2, 0.25) is 0 Å². The molecule has 234 valence electrons. The molecule has 0 aliphatic rings. The van der Waals surface area contributed by atoms with Gasteiger partial charge in [0.05, 0.1) is 7.11 Å². The summed E-state index contributed by atoms with van der Waals surface area (Å²) >= 11 is 0. The Balaban J connectivity index is 0. The zero-order valence-electron chi connectivity index (χ0n) is 29.2. The fourth-order valence-electron chi connectivity index (χ4n) is 4.61. The van der Waals surface area contributed by atoms with Gasteiger partial charge in [0, 0.05) is 0 Å². The number of unbranched alkanes of at least 4 members (excludes halogenated alkanes) is 2. The second-order valence-corrected chi connectivity index (χ2v) is 10.4. The van der Waals surface area contributed by atoms with Crippen molar-refractivity contribution in [1.82, 2.24) is 4.90 Å². The maximum Gasteiger partial charge on any atom is 0.119 e. The van der Waals surface area contributed by atoms with Gasteiger partial charge < -0.3 is 15.4 Å². The van der Waals surface area contributed by atoms with Crippen molar-refractivity contribution in [3.8, 4) is 16.9 Å². The molecule has 0 fully saturated rings. The zero-order chi connectivity index (χ0) is 31.8. The molecular weight excluding hydrogens is 500 g/mol. The molecule has 0 saturated heterocycles. The molecule has 0 spiro atoms. The van der Waals surface area contributed by atoms with Crippen molar-refractivity contribution in [2.24, 2.45) is 5.73 Å². The SMILES string of the molecule is C=C(C)c1cc(-c2cc(OC)ccc2C)c(C)c(C)c1/C=C\C.CC.CCCCC.CCCN(CCC)CCCN. The Morgan fingerprint density at radius 2 is 1.44 bits per heavy atom. The number of nitrogens with two attached hydrogens (primary N) is 1. The second kappa shape index (κ2) is 25.4. The molecule has 41 heavy (non-hydrogen) atoms. The molecule has 0 atom stereocenters. The molecule has 0 unspecified atom stereocenters. The maximum atomic E-state index is 5.44. The summed E-state index contributed by atoms with van der Waals surface area (Å²) in [6.45, 7) is 32.2. The van der Waals surface area contributed by atoms with Crippen LogP contribution in [0.4, 0.5) is 0 Å².